The van der Waals surface area contributed by atoms with E-state index in [0.29, 0.717) is 43.3 Å². The summed E-state index contributed by atoms with van der Waals surface area (Å²) in [4.78, 5) is 27.7. The van der Waals surface area contributed by atoms with Gasteiger partial charge in [0.2, 0.25) is 0 Å². The van der Waals surface area contributed by atoms with Crippen molar-refractivity contribution in [3.8, 4) is 0 Å². The predicted octanol–water partition coefficient (Wildman–Crippen LogP) is 5.74. The molecule has 3 amide bonds. The molecule has 0 saturated carbocycles. The number of urea groups is 1. The maximum atomic E-state index is 13.3. The van der Waals surface area contributed by atoms with Crippen molar-refractivity contribution in [2.75, 3.05) is 48.4 Å². The number of amides is 3. The highest BCUT2D eigenvalue weighted by molar-refractivity contribution is 6.04. The van der Waals surface area contributed by atoms with Crippen LogP contribution in [0.2, 0.25) is 0 Å². The van der Waals surface area contributed by atoms with Crippen molar-refractivity contribution in [1.29, 1.82) is 0 Å². The number of halogens is 3. The molecule has 0 unspecified atom stereocenters. The van der Waals surface area contributed by atoms with Crippen molar-refractivity contribution >= 4 is 29.0 Å². The number of nitrogens with one attached hydrogen (secondary N) is 3. The van der Waals surface area contributed by atoms with E-state index < -0.39 is 17.8 Å². The van der Waals surface area contributed by atoms with Crippen LogP contribution in [0.1, 0.15) is 49.0 Å². The van der Waals surface area contributed by atoms with Crippen LogP contribution in [0.3, 0.4) is 0 Å². The van der Waals surface area contributed by atoms with Gasteiger partial charge in [0.05, 0.1) is 16.8 Å². The molecule has 1 aliphatic heterocycles. The first-order valence-corrected chi connectivity index (χ1v) is 12.2. The molecule has 0 aromatic heterocycles. The largest absolute Gasteiger partial charge is 0.418 e. The highest BCUT2D eigenvalue weighted by Crippen LogP contribution is 2.35. The summed E-state index contributed by atoms with van der Waals surface area (Å²) in [6.45, 7) is 7.30. The second kappa shape index (κ2) is 12.6. The van der Waals surface area contributed by atoms with Crippen LogP contribution in [0.4, 0.5) is 35.0 Å². The molecule has 2 aromatic carbocycles. The van der Waals surface area contributed by atoms with Crippen LogP contribution in [-0.2, 0) is 10.9 Å². The first-order chi connectivity index (χ1) is 17.2. The molecule has 0 spiro atoms. The molecular formula is C26H33F3N4O3. The number of alkyl halides is 3. The normalized spacial score (nSPS) is 14.4. The van der Waals surface area contributed by atoms with E-state index in [4.69, 9.17) is 4.74 Å². The van der Waals surface area contributed by atoms with E-state index in [1.54, 1.807) is 18.2 Å². The third-order valence-electron chi connectivity index (χ3n) is 6.06. The minimum atomic E-state index is -4.61. The van der Waals surface area contributed by atoms with Crippen LogP contribution in [0.15, 0.2) is 42.5 Å². The third kappa shape index (κ3) is 7.61. The van der Waals surface area contributed by atoms with Gasteiger partial charge in [-0.2, -0.15) is 13.2 Å². The number of rotatable bonds is 9. The predicted molar refractivity (Wildman–Crippen MR) is 135 cm³/mol. The van der Waals surface area contributed by atoms with Gasteiger partial charge in [0.1, 0.15) is 0 Å². The smallest absolute Gasteiger partial charge is 0.382 e. The summed E-state index contributed by atoms with van der Waals surface area (Å²) in [6.07, 6.45) is -1.92. The summed E-state index contributed by atoms with van der Waals surface area (Å²) in [5, 5.41) is 7.70. The van der Waals surface area contributed by atoms with E-state index in [1.807, 2.05) is 6.92 Å². The van der Waals surface area contributed by atoms with Gasteiger partial charge in [-0.25, -0.2) is 4.79 Å². The molecule has 0 bridgehead atoms. The number of hydrogen-bond acceptors (Lipinski definition) is 4. The molecule has 36 heavy (non-hydrogen) atoms. The fraction of sp³-hybridized carbons (Fsp3) is 0.462. The zero-order valence-corrected chi connectivity index (χ0v) is 20.6. The van der Waals surface area contributed by atoms with Crippen molar-refractivity contribution in [3.05, 3.63) is 53.6 Å². The summed E-state index contributed by atoms with van der Waals surface area (Å²) in [6, 6.07) is 8.88. The van der Waals surface area contributed by atoms with Gasteiger partial charge in [-0.05, 0) is 62.4 Å². The fourth-order valence-corrected chi connectivity index (χ4v) is 4.06. The maximum absolute atomic E-state index is 13.3. The van der Waals surface area contributed by atoms with Crippen molar-refractivity contribution in [1.82, 2.24) is 5.32 Å². The molecule has 1 aliphatic rings. The second-order valence-electron chi connectivity index (χ2n) is 8.83. The number of carbonyl (C=O) groups is 2. The standard InChI is InChI=1S/C26H33F3N4O3/c1-3-36-16-6-13-30-24(34)20-17-19(9-10-23(20)33-14-11-18(2)12-15-33)31-25(35)32-22-8-5-4-7-21(22)26(27,28)29/h4-5,7-10,17-18H,3,6,11-16H2,1-2H3,(H,30,34)(H2,31,32,35). The first kappa shape index (κ1) is 27.3. The van der Waals surface area contributed by atoms with Gasteiger partial charge in [-0.1, -0.05) is 19.1 Å². The molecular weight excluding hydrogens is 473 g/mol. The van der Waals surface area contributed by atoms with Crippen molar-refractivity contribution in [3.63, 3.8) is 0 Å². The molecule has 196 valence electrons. The van der Waals surface area contributed by atoms with Gasteiger partial charge < -0.3 is 25.6 Å². The SMILES string of the molecule is CCOCCCNC(=O)c1cc(NC(=O)Nc2ccccc2C(F)(F)F)ccc1N1CCC(C)CC1. The number of hydrogen-bond donors (Lipinski definition) is 3. The Morgan fingerprint density at radius 1 is 1.08 bits per heavy atom. The van der Waals surface area contributed by atoms with Gasteiger partial charge in [-0.3, -0.25) is 4.79 Å². The fourth-order valence-electron chi connectivity index (χ4n) is 4.06. The first-order valence-electron chi connectivity index (χ1n) is 12.2. The molecule has 1 fully saturated rings. The molecule has 10 heteroatoms. The number of carbonyl (C=O) groups excluding carboxylic acids is 2. The van der Waals surface area contributed by atoms with Gasteiger partial charge in [0.15, 0.2) is 0 Å². The van der Waals surface area contributed by atoms with Crippen LogP contribution < -0.4 is 20.9 Å². The number of nitrogens with zero attached hydrogens (tertiary/aromatic N) is 1. The number of para-hydroxylation sites is 1. The molecule has 3 N–H and O–H groups in total. The zero-order chi connectivity index (χ0) is 26.1. The Morgan fingerprint density at radius 3 is 2.50 bits per heavy atom. The lowest BCUT2D eigenvalue weighted by Gasteiger charge is -2.33. The minimum Gasteiger partial charge on any atom is -0.382 e. The Bertz CT molecular complexity index is 1040. The van der Waals surface area contributed by atoms with Crippen LogP contribution in [0.5, 0.6) is 0 Å². The summed E-state index contributed by atoms with van der Waals surface area (Å²) in [7, 11) is 0. The molecule has 1 heterocycles. The lowest BCUT2D eigenvalue weighted by molar-refractivity contribution is -0.136. The van der Waals surface area contributed by atoms with Crippen molar-refractivity contribution in [2.24, 2.45) is 5.92 Å². The number of piperidine rings is 1. The molecule has 0 aliphatic carbocycles. The highest BCUT2D eigenvalue weighted by atomic mass is 19.4. The van der Waals surface area contributed by atoms with E-state index in [2.05, 4.69) is 27.8 Å². The van der Waals surface area contributed by atoms with Crippen LogP contribution in [-0.4, -0.2) is 44.8 Å². The third-order valence-corrected chi connectivity index (χ3v) is 6.06. The molecule has 3 rings (SSSR count). The van der Waals surface area contributed by atoms with Crippen molar-refractivity contribution in [2.45, 2.75) is 39.3 Å². The maximum Gasteiger partial charge on any atom is 0.418 e. The summed E-state index contributed by atoms with van der Waals surface area (Å²) >= 11 is 0. The molecule has 0 radical (unpaired) electrons. The van der Waals surface area contributed by atoms with Gasteiger partial charge >= 0.3 is 12.2 Å². The van der Waals surface area contributed by atoms with Crippen LogP contribution in [0.25, 0.3) is 0 Å². The van der Waals surface area contributed by atoms with E-state index in [-0.39, 0.29) is 11.6 Å². The van der Waals surface area contributed by atoms with Gasteiger partial charge in [0, 0.05) is 44.2 Å². The lowest BCUT2D eigenvalue weighted by Crippen LogP contribution is -2.35. The Balaban J connectivity index is 1.76. The summed E-state index contributed by atoms with van der Waals surface area (Å²) in [5.74, 6) is 0.327. The zero-order valence-electron chi connectivity index (χ0n) is 20.6. The topological polar surface area (TPSA) is 82.7 Å². The average molecular weight is 507 g/mol. The van der Waals surface area contributed by atoms with Gasteiger partial charge in [-0.15, -0.1) is 0 Å². The molecule has 1 saturated heterocycles. The summed E-state index contributed by atoms with van der Waals surface area (Å²) < 4.78 is 45.1. The number of anilines is 3. The monoisotopic (exact) mass is 506 g/mol. The number of ether oxygens (including phenoxy) is 1. The van der Waals surface area contributed by atoms with Gasteiger partial charge in [0.25, 0.3) is 5.91 Å². The lowest BCUT2D eigenvalue weighted by atomic mass is 9.98. The number of benzene rings is 2. The summed E-state index contributed by atoms with van der Waals surface area (Å²) in [5.41, 5.74) is 0.161. The minimum absolute atomic E-state index is 0.286. The Morgan fingerprint density at radius 2 is 1.81 bits per heavy atom. The van der Waals surface area contributed by atoms with Crippen LogP contribution in [0, 0.1) is 5.92 Å². The van der Waals surface area contributed by atoms with Crippen LogP contribution >= 0.6 is 0 Å². The van der Waals surface area contributed by atoms with E-state index in [9.17, 15) is 22.8 Å². The Labute approximate surface area is 209 Å². The molecule has 2 aromatic rings. The van der Waals surface area contributed by atoms with E-state index in [0.717, 1.165) is 37.7 Å². The van der Waals surface area contributed by atoms with E-state index >= 15 is 0 Å². The second-order valence-corrected chi connectivity index (χ2v) is 8.83. The van der Waals surface area contributed by atoms with Crippen molar-refractivity contribution < 1.29 is 27.5 Å². The Kier molecular flexibility index (Phi) is 9.58. The van der Waals surface area contributed by atoms with E-state index in [1.165, 1.54) is 18.2 Å². The Hall–Kier alpha value is -3.27. The quantitative estimate of drug-likeness (QED) is 0.379. The molecule has 7 nitrogen and oxygen atoms in total. The molecule has 0 atom stereocenters. The highest BCUT2D eigenvalue weighted by Gasteiger charge is 2.33. The average Bonchev–Trinajstić information content (AvgIpc) is 2.84.